The molecule has 0 N–H and O–H groups in total. The van der Waals surface area contributed by atoms with Gasteiger partial charge in [-0.15, -0.1) is 0 Å². The Balaban J connectivity index is 1.36. The Morgan fingerprint density at radius 3 is 2.42 bits per heavy atom. The van der Waals surface area contributed by atoms with Crippen LogP contribution in [0.25, 0.3) is 5.57 Å². The van der Waals surface area contributed by atoms with Gasteiger partial charge in [-0.25, -0.2) is 0 Å². The van der Waals surface area contributed by atoms with Crippen molar-refractivity contribution in [3.05, 3.63) is 35.9 Å². The highest BCUT2D eigenvalue weighted by Crippen LogP contribution is 2.66. The number of hydrogen-bond acceptors (Lipinski definition) is 3. The number of allylic oxidation sites excluding steroid dienone is 2. The Morgan fingerprint density at radius 1 is 0.968 bits per heavy atom. The summed E-state index contributed by atoms with van der Waals surface area (Å²) in [7, 11) is 1.73. The number of hydrogen-bond donors (Lipinski definition) is 0. The van der Waals surface area contributed by atoms with Crippen molar-refractivity contribution < 1.29 is 14.3 Å². The fourth-order valence-electron chi connectivity index (χ4n) is 8.27. The Labute approximate surface area is 187 Å². The van der Waals surface area contributed by atoms with Gasteiger partial charge in [0.15, 0.2) is 0 Å². The van der Waals surface area contributed by atoms with Gasteiger partial charge in [0.05, 0.1) is 7.11 Å². The summed E-state index contributed by atoms with van der Waals surface area (Å²) in [5.41, 5.74) is 3.50. The van der Waals surface area contributed by atoms with Crippen LogP contribution in [0, 0.1) is 34.5 Å². The summed E-state index contributed by atoms with van der Waals surface area (Å²) in [6.07, 6.45) is 12.6. The fraction of sp³-hybridized carbons (Fsp3) is 0.679. The van der Waals surface area contributed by atoms with Crippen LogP contribution in [0.1, 0.15) is 77.7 Å². The monoisotopic (exact) mass is 422 g/mol. The van der Waals surface area contributed by atoms with E-state index >= 15 is 0 Å². The highest BCUT2D eigenvalue weighted by Gasteiger charge is 2.60. The van der Waals surface area contributed by atoms with E-state index in [1.54, 1.807) is 14.0 Å². The van der Waals surface area contributed by atoms with E-state index in [0.717, 1.165) is 35.8 Å². The summed E-state index contributed by atoms with van der Waals surface area (Å²) in [6, 6.07) is 8.61. The lowest BCUT2D eigenvalue weighted by Crippen LogP contribution is -2.53. The Bertz CT molecular complexity index is 871. The van der Waals surface area contributed by atoms with Crippen molar-refractivity contribution in [2.24, 2.45) is 34.5 Å². The van der Waals surface area contributed by atoms with Gasteiger partial charge in [0.25, 0.3) is 0 Å². The number of methoxy groups -OCH3 is 1. The predicted octanol–water partition coefficient (Wildman–Crippen LogP) is 6.66. The summed E-state index contributed by atoms with van der Waals surface area (Å²) in [4.78, 5) is 11.7. The molecule has 0 bridgehead atoms. The number of fused-ring (bicyclic) bond motifs is 5. The van der Waals surface area contributed by atoms with Crippen molar-refractivity contribution in [3.8, 4) is 5.75 Å². The summed E-state index contributed by atoms with van der Waals surface area (Å²) < 4.78 is 11.2. The molecule has 168 valence electrons. The molecule has 3 heteroatoms. The van der Waals surface area contributed by atoms with Crippen LogP contribution in [-0.2, 0) is 9.53 Å². The number of rotatable bonds is 3. The first-order valence-corrected chi connectivity index (χ1v) is 12.4. The molecule has 0 saturated heterocycles. The highest BCUT2D eigenvalue weighted by atomic mass is 16.5. The van der Waals surface area contributed by atoms with E-state index in [2.05, 4.69) is 44.2 Å². The van der Waals surface area contributed by atoms with Gasteiger partial charge in [-0.2, -0.15) is 0 Å². The van der Waals surface area contributed by atoms with Gasteiger partial charge in [-0.1, -0.05) is 32.1 Å². The lowest BCUT2D eigenvalue weighted by Gasteiger charge is -2.60. The quantitative estimate of drug-likeness (QED) is 0.511. The van der Waals surface area contributed by atoms with Crippen molar-refractivity contribution in [1.82, 2.24) is 0 Å². The maximum absolute atomic E-state index is 11.7. The number of ether oxygens (including phenoxy) is 2. The van der Waals surface area contributed by atoms with E-state index in [1.807, 2.05) is 0 Å². The summed E-state index contributed by atoms with van der Waals surface area (Å²) in [6.45, 7) is 6.59. The van der Waals surface area contributed by atoms with Gasteiger partial charge in [0.2, 0.25) is 0 Å². The van der Waals surface area contributed by atoms with Crippen LogP contribution in [0.3, 0.4) is 0 Å². The third kappa shape index (κ3) is 3.34. The lowest BCUT2D eigenvalue weighted by atomic mass is 9.45. The molecule has 0 unspecified atom stereocenters. The molecule has 3 nitrogen and oxygen atoms in total. The van der Waals surface area contributed by atoms with Crippen LogP contribution in [0.2, 0.25) is 0 Å². The van der Waals surface area contributed by atoms with Crippen molar-refractivity contribution in [2.75, 3.05) is 7.11 Å². The van der Waals surface area contributed by atoms with E-state index in [9.17, 15) is 4.79 Å². The van der Waals surface area contributed by atoms with E-state index in [-0.39, 0.29) is 17.5 Å². The zero-order valence-corrected chi connectivity index (χ0v) is 19.7. The van der Waals surface area contributed by atoms with Crippen LogP contribution in [0.5, 0.6) is 5.75 Å². The SMILES string of the molecule is COc1ccc(C2=CC[C@@]3(C)[C@@H](CC[C@H]4[C@@H]3CC[C@]3(C)[C@@H](OC(C)=O)CC[C@@H]43)C2)cc1. The smallest absolute Gasteiger partial charge is 0.302 e. The molecule has 3 fully saturated rings. The molecular weight excluding hydrogens is 384 g/mol. The van der Waals surface area contributed by atoms with Crippen LogP contribution >= 0.6 is 0 Å². The molecule has 0 radical (unpaired) electrons. The van der Waals surface area contributed by atoms with Gasteiger partial charge in [0.1, 0.15) is 11.9 Å². The largest absolute Gasteiger partial charge is 0.497 e. The van der Waals surface area contributed by atoms with Crippen molar-refractivity contribution >= 4 is 11.5 Å². The van der Waals surface area contributed by atoms with Gasteiger partial charge < -0.3 is 9.47 Å². The van der Waals surface area contributed by atoms with Gasteiger partial charge >= 0.3 is 5.97 Å². The third-order valence-corrected chi connectivity index (χ3v) is 10.0. The normalized spacial score (nSPS) is 41.4. The van der Waals surface area contributed by atoms with E-state index in [1.165, 1.54) is 56.1 Å². The number of carbonyl (C=O) groups is 1. The zero-order valence-electron chi connectivity index (χ0n) is 19.7. The molecule has 5 rings (SSSR count). The second-order valence-corrected chi connectivity index (χ2v) is 11.2. The molecule has 1 aromatic rings. The zero-order chi connectivity index (χ0) is 21.8. The Hall–Kier alpha value is -1.77. The third-order valence-electron chi connectivity index (χ3n) is 10.0. The van der Waals surface area contributed by atoms with Gasteiger partial charge in [0, 0.05) is 12.3 Å². The molecule has 4 aliphatic rings. The first-order valence-electron chi connectivity index (χ1n) is 12.4. The topological polar surface area (TPSA) is 35.5 Å². The van der Waals surface area contributed by atoms with Gasteiger partial charge in [-0.3, -0.25) is 4.79 Å². The minimum Gasteiger partial charge on any atom is -0.497 e. The standard InChI is InChI=1S/C28H38O3/c1-18(29)31-26-12-11-24-23-10-7-21-17-20(19-5-8-22(30-4)9-6-19)13-15-27(21,2)25(23)14-16-28(24,26)3/h5-6,8-9,13,21,23-26H,7,10-12,14-17H2,1-4H3/t21-,23+,24-,25-,26-,27-,28-/m0/s1. The first kappa shape index (κ1) is 21.1. The molecule has 31 heavy (non-hydrogen) atoms. The average Bonchev–Trinajstić information content (AvgIpc) is 3.09. The maximum Gasteiger partial charge on any atom is 0.302 e. The van der Waals surface area contributed by atoms with Crippen LogP contribution < -0.4 is 4.74 Å². The van der Waals surface area contributed by atoms with Crippen molar-refractivity contribution in [2.45, 2.75) is 78.2 Å². The van der Waals surface area contributed by atoms with Crippen molar-refractivity contribution in [1.29, 1.82) is 0 Å². The molecule has 0 amide bonds. The molecular formula is C28H38O3. The van der Waals surface area contributed by atoms with E-state index < -0.39 is 0 Å². The average molecular weight is 423 g/mol. The Kier molecular flexibility index (Phi) is 5.22. The van der Waals surface area contributed by atoms with Crippen LogP contribution in [0.4, 0.5) is 0 Å². The molecule has 3 saturated carbocycles. The Morgan fingerprint density at radius 2 is 1.71 bits per heavy atom. The van der Waals surface area contributed by atoms with Crippen LogP contribution in [-0.4, -0.2) is 19.2 Å². The second-order valence-electron chi connectivity index (χ2n) is 11.2. The number of esters is 1. The highest BCUT2D eigenvalue weighted by molar-refractivity contribution is 5.67. The van der Waals surface area contributed by atoms with Crippen LogP contribution in [0.15, 0.2) is 30.3 Å². The maximum atomic E-state index is 11.7. The minimum absolute atomic E-state index is 0.104. The lowest BCUT2D eigenvalue weighted by molar-refractivity contribution is -0.159. The molecule has 4 aliphatic carbocycles. The van der Waals surface area contributed by atoms with Gasteiger partial charge in [-0.05, 0) is 104 Å². The molecule has 0 heterocycles. The summed E-state index contributed by atoms with van der Waals surface area (Å²) in [5.74, 6) is 3.95. The minimum atomic E-state index is -0.104. The van der Waals surface area contributed by atoms with Crippen molar-refractivity contribution in [3.63, 3.8) is 0 Å². The summed E-state index contributed by atoms with van der Waals surface area (Å²) in [5, 5.41) is 0. The molecule has 0 aliphatic heterocycles. The molecule has 1 aromatic carbocycles. The fourth-order valence-corrected chi connectivity index (χ4v) is 8.27. The number of carbonyl (C=O) groups excluding carboxylic acids is 1. The molecule has 0 spiro atoms. The first-order chi connectivity index (χ1) is 14.8. The van der Waals surface area contributed by atoms with E-state index in [4.69, 9.17) is 9.47 Å². The second kappa shape index (κ2) is 7.67. The van der Waals surface area contributed by atoms with E-state index in [0.29, 0.717) is 5.41 Å². The number of benzene rings is 1. The summed E-state index contributed by atoms with van der Waals surface area (Å²) >= 11 is 0. The molecule has 0 aromatic heterocycles. The predicted molar refractivity (Wildman–Crippen MR) is 124 cm³/mol. The molecule has 7 atom stereocenters.